The van der Waals surface area contributed by atoms with Gasteiger partial charge in [0.1, 0.15) is 5.75 Å². The Morgan fingerprint density at radius 2 is 2.12 bits per heavy atom. The summed E-state index contributed by atoms with van der Waals surface area (Å²) in [7, 11) is 3.82. The number of carbonyl (C=O) groups is 1. The van der Waals surface area contributed by atoms with Gasteiger partial charge in [-0.05, 0) is 32.3 Å². The van der Waals surface area contributed by atoms with Crippen molar-refractivity contribution in [2.45, 2.75) is 6.10 Å². The SMILES string of the molecule is CN(C)CC1Oc2ccc(Cl)cc2C1=O.Cl. The first kappa shape index (κ1) is 13.3. The fourth-order valence-corrected chi connectivity index (χ4v) is 1.80. The molecular weight excluding hydrogens is 249 g/mol. The van der Waals surface area contributed by atoms with Crippen LogP contribution in [0, 0.1) is 0 Å². The maximum Gasteiger partial charge on any atom is 0.208 e. The molecule has 2 rings (SSSR count). The van der Waals surface area contributed by atoms with Crippen LogP contribution in [0.3, 0.4) is 0 Å². The lowest BCUT2D eigenvalue weighted by atomic mass is 10.1. The van der Waals surface area contributed by atoms with Gasteiger partial charge in [-0.1, -0.05) is 11.6 Å². The van der Waals surface area contributed by atoms with E-state index >= 15 is 0 Å². The topological polar surface area (TPSA) is 29.5 Å². The van der Waals surface area contributed by atoms with E-state index in [1.807, 2.05) is 19.0 Å². The van der Waals surface area contributed by atoms with Crippen molar-refractivity contribution in [1.82, 2.24) is 4.90 Å². The van der Waals surface area contributed by atoms with Crippen LogP contribution >= 0.6 is 24.0 Å². The predicted molar refractivity (Wildman–Crippen MR) is 66.0 cm³/mol. The van der Waals surface area contributed by atoms with Crippen LogP contribution in [0.4, 0.5) is 0 Å². The van der Waals surface area contributed by atoms with Gasteiger partial charge in [0, 0.05) is 11.6 Å². The molecule has 1 aliphatic heterocycles. The Morgan fingerprint density at radius 3 is 2.75 bits per heavy atom. The van der Waals surface area contributed by atoms with Gasteiger partial charge in [-0.25, -0.2) is 0 Å². The van der Waals surface area contributed by atoms with Gasteiger partial charge in [0.2, 0.25) is 5.78 Å². The smallest absolute Gasteiger partial charge is 0.208 e. The molecule has 1 aliphatic rings. The molecule has 0 bridgehead atoms. The first-order valence-electron chi connectivity index (χ1n) is 4.73. The standard InChI is InChI=1S/C11H12ClNO2.ClH/c1-13(2)6-10-11(14)8-5-7(12)3-4-9(8)15-10;/h3-5,10H,6H2,1-2H3;1H. The number of carbonyl (C=O) groups excluding carboxylic acids is 1. The van der Waals surface area contributed by atoms with E-state index in [0.717, 1.165) is 0 Å². The van der Waals surface area contributed by atoms with Crippen LogP contribution in [0.2, 0.25) is 5.02 Å². The molecule has 1 aromatic rings. The normalized spacial score (nSPS) is 18.0. The van der Waals surface area contributed by atoms with Gasteiger partial charge in [-0.2, -0.15) is 0 Å². The fourth-order valence-electron chi connectivity index (χ4n) is 1.63. The fraction of sp³-hybridized carbons (Fsp3) is 0.364. The number of halogens is 2. The molecule has 0 fully saturated rings. The quantitative estimate of drug-likeness (QED) is 0.818. The molecule has 0 aliphatic carbocycles. The summed E-state index contributed by atoms with van der Waals surface area (Å²) in [5.74, 6) is 0.650. The maximum atomic E-state index is 11.9. The summed E-state index contributed by atoms with van der Waals surface area (Å²) in [6.45, 7) is 0.588. The molecule has 0 aromatic heterocycles. The second kappa shape index (κ2) is 5.04. The molecule has 0 spiro atoms. The highest BCUT2D eigenvalue weighted by Gasteiger charge is 2.32. The van der Waals surface area contributed by atoms with Crippen molar-refractivity contribution in [2.75, 3.05) is 20.6 Å². The van der Waals surface area contributed by atoms with E-state index in [4.69, 9.17) is 16.3 Å². The van der Waals surface area contributed by atoms with E-state index in [9.17, 15) is 4.79 Å². The lowest BCUT2D eigenvalue weighted by Crippen LogP contribution is -2.33. The molecular formula is C11H13Cl2NO2. The third-order valence-corrected chi connectivity index (χ3v) is 2.53. The van der Waals surface area contributed by atoms with Crippen molar-refractivity contribution < 1.29 is 9.53 Å². The number of ketones is 1. The minimum absolute atomic E-state index is 0. The highest BCUT2D eigenvalue weighted by molar-refractivity contribution is 6.31. The number of fused-ring (bicyclic) bond motifs is 1. The zero-order chi connectivity index (χ0) is 11.0. The maximum absolute atomic E-state index is 11.9. The van der Waals surface area contributed by atoms with Gasteiger partial charge in [-0.3, -0.25) is 4.79 Å². The molecule has 16 heavy (non-hydrogen) atoms. The molecule has 0 saturated heterocycles. The average molecular weight is 262 g/mol. The summed E-state index contributed by atoms with van der Waals surface area (Å²) in [5, 5.41) is 0.566. The average Bonchev–Trinajstić information content (AvgIpc) is 2.44. The molecule has 1 heterocycles. The number of rotatable bonds is 2. The zero-order valence-corrected chi connectivity index (χ0v) is 10.6. The summed E-state index contributed by atoms with van der Waals surface area (Å²) in [4.78, 5) is 13.8. The lowest BCUT2D eigenvalue weighted by molar-refractivity contribution is 0.0816. The van der Waals surface area contributed by atoms with Gasteiger partial charge >= 0.3 is 0 Å². The van der Waals surface area contributed by atoms with Crippen LogP contribution in [0.5, 0.6) is 5.75 Å². The molecule has 1 atom stereocenters. The minimum atomic E-state index is -0.395. The van der Waals surface area contributed by atoms with Crippen molar-refractivity contribution in [3.63, 3.8) is 0 Å². The van der Waals surface area contributed by atoms with E-state index in [-0.39, 0.29) is 18.2 Å². The molecule has 1 unspecified atom stereocenters. The zero-order valence-electron chi connectivity index (χ0n) is 9.07. The van der Waals surface area contributed by atoms with Crippen LogP contribution < -0.4 is 4.74 Å². The monoisotopic (exact) mass is 261 g/mol. The second-order valence-electron chi connectivity index (χ2n) is 3.87. The summed E-state index contributed by atoms with van der Waals surface area (Å²) in [6, 6.07) is 5.13. The first-order valence-corrected chi connectivity index (χ1v) is 5.11. The number of hydrogen-bond acceptors (Lipinski definition) is 3. The van der Waals surface area contributed by atoms with E-state index in [1.165, 1.54) is 0 Å². The largest absolute Gasteiger partial charge is 0.480 e. The van der Waals surface area contributed by atoms with E-state index in [0.29, 0.717) is 22.9 Å². The first-order chi connectivity index (χ1) is 7.08. The van der Waals surface area contributed by atoms with Gasteiger partial charge in [0.05, 0.1) is 5.56 Å². The predicted octanol–water partition coefficient (Wildman–Crippen LogP) is 2.27. The van der Waals surface area contributed by atoms with Crippen molar-refractivity contribution in [3.8, 4) is 5.75 Å². The Hall–Kier alpha value is -0.770. The molecule has 88 valence electrons. The Morgan fingerprint density at radius 1 is 1.44 bits per heavy atom. The highest BCUT2D eigenvalue weighted by atomic mass is 35.5. The van der Waals surface area contributed by atoms with Crippen LogP contribution in [0.15, 0.2) is 18.2 Å². The summed E-state index contributed by atoms with van der Waals surface area (Å²) in [5.41, 5.74) is 0.592. The van der Waals surface area contributed by atoms with Crippen molar-refractivity contribution in [3.05, 3.63) is 28.8 Å². The Balaban J connectivity index is 0.00000128. The van der Waals surface area contributed by atoms with Gasteiger partial charge in [0.25, 0.3) is 0 Å². The number of Topliss-reactive ketones (excluding diaryl/α,β-unsaturated/α-hetero) is 1. The van der Waals surface area contributed by atoms with Crippen LogP contribution in [-0.2, 0) is 0 Å². The summed E-state index contributed by atoms with van der Waals surface area (Å²) >= 11 is 5.82. The molecule has 0 amide bonds. The molecule has 0 N–H and O–H groups in total. The van der Waals surface area contributed by atoms with Gasteiger partial charge < -0.3 is 9.64 Å². The molecule has 0 radical (unpaired) electrons. The highest BCUT2D eigenvalue weighted by Crippen LogP contribution is 2.31. The number of ether oxygens (including phenoxy) is 1. The van der Waals surface area contributed by atoms with Crippen LogP contribution in [0.1, 0.15) is 10.4 Å². The Kier molecular flexibility index (Phi) is 4.19. The molecule has 5 heteroatoms. The Labute approximate surface area is 106 Å². The third kappa shape index (κ3) is 2.48. The van der Waals surface area contributed by atoms with Crippen molar-refractivity contribution in [2.24, 2.45) is 0 Å². The number of likely N-dealkylation sites (N-methyl/N-ethyl adjacent to an activating group) is 1. The van der Waals surface area contributed by atoms with Crippen molar-refractivity contribution in [1.29, 1.82) is 0 Å². The number of nitrogens with zero attached hydrogens (tertiary/aromatic N) is 1. The van der Waals surface area contributed by atoms with E-state index in [2.05, 4.69) is 0 Å². The van der Waals surface area contributed by atoms with E-state index < -0.39 is 6.10 Å². The van der Waals surface area contributed by atoms with E-state index in [1.54, 1.807) is 18.2 Å². The molecule has 1 aromatic carbocycles. The summed E-state index contributed by atoms with van der Waals surface area (Å²) < 4.78 is 5.54. The van der Waals surface area contributed by atoms with Crippen LogP contribution in [0.25, 0.3) is 0 Å². The summed E-state index contributed by atoms with van der Waals surface area (Å²) in [6.07, 6.45) is -0.395. The Bertz CT molecular complexity index is 407. The number of benzene rings is 1. The van der Waals surface area contributed by atoms with Crippen LogP contribution in [-0.4, -0.2) is 37.4 Å². The molecule has 0 saturated carbocycles. The number of hydrogen-bond donors (Lipinski definition) is 0. The minimum Gasteiger partial charge on any atom is -0.480 e. The van der Waals surface area contributed by atoms with Gasteiger partial charge in [0.15, 0.2) is 6.10 Å². The van der Waals surface area contributed by atoms with Crippen molar-refractivity contribution >= 4 is 29.8 Å². The van der Waals surface area contributed by atoms with Gasteiger partial charge in [-0.15, -0.1) is 12.4 Å². The second-order valence-corrected chi connectivity index (χ2v) is 4.31. The molecule has 3 nitrogen and oxygen atoms in total. The third-order valence-electron chi connectivity index (χ3n) is 2.30. The lowest BCUT2D eigenvalue weighted by Gasteiger charge is -2.14.